The van der Waals surface area contributed by atoms with E-state index in [2.05, 4.69) is 22.5 Å². The number of urea groups is 1. The molecule has 0 unspecified atom stereocenters. The summed E-state index contributed by atoms with van der Waals surface area (Å²) in [5, 5.41) is 7.01. The summed E-state index contributed by atoms with van der Waals surface area (Å²) in [5.74, 6) is 0. The van der Waals surface area contributed by atoms with Crippen LogP contribution in [0.3, 0.4) is 0 Å². The van der Waals surface area contributed by atoms with E-state index in [1.807, 2.05) is 30.5 Å². The van der Waals surface area contributed by atoms with Crippen LogP contribution in [0.15, 0.2) is 30.5 Å². The van der Waals surface area contributed by atoms with E-state index in [1.54, 1.807) is 0 Å². The number of unbranched alkanes of at least 4 members (excludes halogenated alkanes) is 13. The molecule has 0 saturated carbocycles. The summed E-state index contributed by atoms with van der Waals surface area (Å²) >= 11 is 0. The zero-order valence-electron chi connectivity index (χ0n) is 18.4. The number of fused-ring (bicyclic) bond motifs is 1. The minimum atomic E-state index is -0.120. The average molecular weight is 400 g/mol. The number of benzene rings is 1. The Morgan fingerprint density at radius 1 is 0.793 bits per heavy atom. The highest BCUT2D eigenvalue weighted by molar-refractivity contribution is 5.92. The molecule has 0 aliphatic heterocycles. The number of aromatic nitrogens is 1. The molecule has 3 N–H and O–H groups in total. The maximum absolute atomic E-state index is 12.0. The predicted octanol–water partition coefficient (Wildman–Crippen LogP) is 7.77. The van der Waals surface area contributed by atoms with Crippen LogP contribution >= 0.6 is 0 Å². The summed E-state index contributed by atoms with van der Waals surface area (Å²) < 4.78 is 0. The van der Waals surface area contributed by atoms with E-state index in [4.69, 9.17) is 0 Å². The lowest BCUT2D eigenvalue weighted by Crippen LogP contribution is -2.29. The molecule has 2 amide bonds. The van der Waals surface area contributed by atoms with Crippen LogP contribution in [0.2, 0.25) is 0 Å². The summed E-state index contributed by atoms with van der Waals surface area (Å²) in [5.41, 5.74) is 1.85. The molecule has 2 aromatic rings. The van der Waals surface area contributed by atoms with Crippen molar-refractivity contribution in [2.75, 3.05) is 11.9 Å². The second-order valence-corrected chi connectivity index (χ2v) is 8.26. The van der Waals surface area contributed by atoms with Crippen molar-refractivity contribution in [1.82, 2.24) is 10.3 Å². The highest BCUT2D eigenvalue weighted by Gasteiger charge is 2.02. The molecule has 0 radical (unpaired) electrons. The van der Waals surface area contributed by atoms with E-state index in [9.17, 15) is 4.79 Å². The molecule has 0 aliphatic rings. The van der Waals surface area contributed by atoms with Gasteiger partial charge in [0.25, 0.3) is 0 Å². The van der Waals surface area contributed by atoms with Crippen LogP contribution in [-0.2, 0) is 0 Å². The third kappa shape index (κ3) is 10.4. The highest BCUT2D eigenvalue weighted by Crippen LogP contribution is 2.17. The molecular weight excluding hydrogens is 358 g/mol. The van der Waals surface area contributed by atoms with Gasteiger partial charge in [-0.3, -0.25) is 0 Å². The Morgan fingerprint density at radius 3 is 2.00 bits per heavy atom. The molecule has 29 heavy (non-hydrogen) atoms. The monoisotopic (exact) mass is 399 g/mol. The van der Waals surface area contributed by atoms with Crippen molar-refractivity contribution in [1.29, 1.82) is 0 Å². The van der Waals surface area contributed by atoms with Crippen LogP contribution < -0.4 is 10.6 Å². The molecule has 0 aliphatic carbocycles. The Morgan fingerprint density at radius 2 is 1.38 bits per heavy atom. The number of amides is 2. The Kier molecular flexibility index (Phi) is 12.0. The lowest BCUT2D eigenvalue weighted by atomic mass is 10.0. The van der Waals surface area contributed by atoms with Gasteiger partial charge in [-0.15, -0.1) is 0 Å². The van der Waals surface area contributed by atoms with Crippen molar-refractivity contribution in [3.8, 4) is 0 Å². The normalized spacial score (nSPS) is 11.1. The van der Waals surface area contributed by atoms with Crippen LogP contribution in [0.25, 0.3) is 10.9 Å². The van der Waals surface area contributed by atoms with Crippen molar-refractivity contribution in [2.45, 2.75) is 96.8 Å². The van der Waals surface area contributed by atoms with E-state index in [0.29, 0.717) is 0 Å². The predicted molar refractivity (Wildman–Crippen MR) is 126 cm³/mol. The van der Waals surface area contributed by atoms with Gasteiger partial charge in [-0.25, -0.2) is 4.79 Å². The maximum atomic E-state index is 12.0. The number of H-pyrrole nitrogens is 1. The fourth-order valence-corrected chi connectivity index (χ4v) is 3.82. The standard InChI is InChI=1S/C25H41N3O/c1-2-3-4-5-6-7-8-9-10-11-12-13-14-15-19-27-25(29)28-23-17-16-22-18-20-26-24(22)21-23/h16-18,20-21,26H,2-15,19H2,1H3,(H2,27,28,29). The molecule has 0 spiro atoms. The number of nitrogens with one attached hydrogen (secondary N) is 3. The van der Waals surface area contributed by atoms with Crippen molar-refractivity contribution < 1.29 is 4.79 Å². The van der Waals surface area contributed by atoms with E-state index in [1.165, 1.54) is 83.5 Å². The quantitative estimate of drug-likeness (QED) is 0.248. The molecule has 0 saturated heterocycles. The van der Waals surface area contributed by atoms with Gasteiger partial charge in [0, 0.05) is 23.9 Å². The second-order valence-electron chi connectivity index (χ2n) is 8.26. The van der Waals surface area contributed by atoms with Crippen molar-refractivity contribution in [2.24, 2.45) is 0 Å². The minimum absolute atomic E-state index is 0.120. The largest absolute Gasteiger partial charge is 0.361 e. The maximum Gasteiger partial charge on any atom is 0.319 e. The molecule has 1 heterocycles. The summed E-state index contributed by atoms with van der Waals surface area (Å²) in [6, 6.07) is 7.80. The first kappa shape index (κ1) is 23.3. The Balaban J connectivity index is 1.36. The van der Waals surface area contributed by atoms with E-state index in [0.717, 1.165) is 29.6 Å². The average Bonchev–Trinajstić information content (AvgIpc) is 3.19. The van der Waals surface area contributed by atoms with Gasteiger partial charge in [0.15, 0.2) is 0 Å². The summed E-state index contributed by atoms with van der Waals surface area (Å²) in [4.78, 5) is 15.1. The minimum Gasteiger partial charge on any atom is -0.361 e. The first-order valence-corrected chi connectivity index (χ1v) is 11.9. The molecule has 4 heteroatoms. The van der Waals surface area contributed by atoms with Crippen LogP contribution in [0.4, 0.5) is 10.5 Å². The molecule has 0 bridgehead atoms. The van der Waals surface area contributed by atoms with Gasteiger partial charge in [0.05, 0.1) is 0 Å². The van der Waals surface area contributed by atoms with Gasteiger partial charge in [0.1, 0.15) is 0 Å². The fourth-order valence-electron chi connectivity index (χ4n) is 3.82. The Hall–Kier alpha value is -1.97. The summed E-state index contributed by atoms with van der Waals surface area (Å²) in [6.45, 7) is 3.02. The van der Waals surface area contributed by atoms with Crippen LogP contribution in [-0.4, -0.2) is 17.6 Å². The van der Waals surface area contributed by atoms with E-state index in [-0.39, 0.29) is 6.03 Å². The number of carbonyl (C=O) groups excluding carboxylic acids is 1. The van der Waals surface area contributed by atoms with Crippen molar-refractivity contribution in [3.05, 3.63) is 30.5 Å². The Bertz CT molecular complexity index is 680. The first-order chi connectivity index (χ1) is 14.3. The third-order valence-electron chi connectivity index (χ3n) is 5.63. The SMILES string of the molecule is CCCCCCCCCCCCCCCCNC(=O)Nc1ccc2cc[nH]c2c1. The molecule has 2 rings (SSSR count). The summed E-state index contributed by atoms with van der Waals surface area (Å²) in [6.07, 6.45) is 20.8. The molecule has 1 aromatic heterocycles. The lowest BCUT2D eigenvalue weighted by Gasteiger charge is -2.08. The first-order valence-electron chi connectivity index (χ1n) is 11.9. The van der Waals surface area contributed by atoms with Gasteiger partial charge >= 0.3 is 6.03 Å². The number of hydrogen-bond donors (Lipinski definition) is 3. The van der Waals surface area contributed by atoms with Crippen molar-refractivity contribution >= 4 is 22.6 Å². The van der Waals surface area contributed by atoms with Crippen LogP contribution in [0.5, 0.6) is 0 Å². The fraction of sp³-hybridized carbons (Fsp3) is 0.640. The van der Waals surface area contributed by atoms with E-state index >= 15 is 0 Å². The van der Waals surface area contributed by atoms with Gasteiger partial charge in [-0.1, -0.05) is 96.5 Å². The molecule has 4 nitrogen and oxygen atoms in total. The molecule has 162 valence electrons. The van der Waals surface area contributed by atoms with Gasteiger partial charge in [0.2, 0.25) is 0 Å². The van der Waals surface area contributed by atoms with Crippen molar-refractivity contribution in [3.63, 3.8) is 0 Å². The molecule has 0 fully saturated rings. The third-order valence-corrected chi connectivity index (χ3v) is 5.63. The van der Waals surface area contributed by atoms with Gasteiger partial charge < -0.3 is 15.6 Å². The van der Waals surface area contributed by atoms with Crippen LogP contribution in [0.1, 0.15) is 96.8 Å². The second kappa shape index (κ2) is 14.9. The van der Waals surface area contributed by atoms with Gasteiger partial charge in [-0.05, 0) is 30.0 Å². The smallest absolute Gasteiger partial charge is 0.319 e. The van der Waals surface area contributed by atoms with Crippen LogP contribution in [0, 0.1) is 0 Å². The van der Waals surface area contributed by atoms with E-state index < -0.39 is 0 Å². The summed E-state index contributed by atoms with van der Waals surface area (Å²) in [7, 11) is 0. The number of anilines is 1. The number of aromatic amines is 1. The zero-order chi connectivity index (χ0) is 20.6. The number of rotatable bonds is 16. The highest BCUT2D eigenvalue weighted by atomic mass is 16.2. The zero-order valence-corrected chi connectivity index (χ0v) is 18.4. The molecule has 1 aromatic carbocycles. The number of carbonyl (C=O) groups is 1. The molecule has 0 atom stereocenters. The topological polar surface area (TPSA) is 56.9 Å². The lowest BCUT2D eigenvalue weighted by molar-refractivity contribution is 0.252. The van der Waals surface area contributed by atoms with Gasteiger partial charge in [-0.2, -0.15) is 0 Å². The molecular formula is C25H41N3O. The Labute approximate surface area is 177 Å². The number of hydrogen-bond acceptors (Lipinski definition) is 1.